The Bertz CT molecular complexity index is 507. The zero-order valence-electron chi connectivity index (χ0n) is 9.50. The predicted octanol–water partition coefficient (Wildman–Crippen LogP) is 4.53. The summed E-state index contributed by atoms with van der Waals surface area (Å²) in [4.78, 5) is 5.32. The maximum atomic E-state index is 13.6. The average Bonchev–Trinajstić information content (AvgIpc) is 2.70. The number of halogens is 2. The summed E-state index contributed by atoms with van der Waals surface area (Å²) >= 11 is 4.92. The van der Waals surface area contributed by atoms with E-state index >= 15 is 0 Å². The van der Waals surface area contributed by atoms with Gasteiger partial charge in [0.25, 0.3) is 0 Å². The van der Waals surface area contributed by atoms with E-state index in [0.717, 1.165) is 15.0 Å². The molecule has 90 valence electrons. The number of thiazole rings is 1. The highest BCUT2D eigenvalue weighted by atomic mass is 79.9. The molecule has 1 unspecified atom stereocenters. The van der Waals surface area contributed by atoms with Crippen molar-refractivity contribution >= 4 is 33.0 Å². The van der Waals surface area contributed by atoms with Crippen molar-refractivity contribution in [2.45, 2.75) is 19.9 Å². The van der Waals surface area contributed by atoms with E-state index in [1.807, 2.05) is 19.9 Å². The Morgan fingerprint density at radius 2 is 2.24 bits per heavy atom. The Hall–Kier alpha value is -0.940. The molecule has 0 aliphatic carbocycles. The van der Waals surface area contributed by atoms with E-state index in [2.05, 4.69) is 26.2 Å². The lowest BCUT2D eigenvalue weighted by Gasteiger charge is -2.16. The van der Waals surface area contributed by atoms with Gasteiger partial charge in [-0.2, -0.15) is 0 Å². The third kappa shape index (κ3) is 2.66. The standard InChI is InChI=1S/C12H12BrFN2S/c1-7-12(17-6-15-7)8(2)16-11-9(13)4-3-5-10(11)14/h3-6,8,16H,1-2H3. The summed E-state index contributed by atoms with van der Waals surface area (Å²) in [5.41, 5.74) is 3.29. The molecule has 1 heterocycles. The predicted molar refractivity (Wildman–Crippen MR) is 73.0 cm³/mol. The van der Waals surface area contributed by atoms with Gasteiger partial charge >= 0.3 is 0 Å². The van der Waals surface area contributed by atoms with Crippen LogP contribution in [0.2, 0.25) is 0 Å². The molecule has 0 aliphatic heterocycles. The summed E-state index contributed by atoms with van der Waals surface area (Å²) in [6.45, 7) is 3.96. The third-order valence-corrected chi connectivity index (χ3v) is 4.27. The van der Waals surface area contributed by atoms with Crippen molar-refractivity contribution < 1.29 is 4.39 Å². The number of rotatable bonds is 3. The molecule has 5 heteroatoms. The van der Waals surface area contributed by atoms with Crippen molar-refractivity contribution in [3.8, 4) is 0 Å². The lowest BCUT2D eigenvalue weighted by molar-refractivity contribution is 0.627. The fourth-order valence-corrected chi connectivity index (χ4v) is 2.91. The van der Waals surface area contributed by atoms with Crippen LogP contribution in [0.5, 0.6) is 0 Å². The van der Waals surface area contributed by atoms with Crippen LogP contribution in [0.15, 0.2) is 28.2 Å². The van der Waals surface area contributed by atoms with Gasteiger partial charge in [0.2, 0.25) is 0 Å². The molecule has 1 atom stereocenters. The Kier molecular flexibility index (Phi) is 3.79. The number of hydrogen-bond donors (Lipinski definition) is 1. The van der Waals surface area contributed by atoms with Gasteiger partial charge in [-0.05, 0) is 41.9 Å². The van der Waals surface area contributed by atoms with E-state index in [1.165, 1.54) is 6.07 Å². The molecule has 1 N–H and O–H groups in total. The van der Waals surface area contributed by atoms with Crippen molar-refractivity contribution in [1.29, 1.82) is 0 Å². The van der Waals surface area contributed by atoms with Crippen LogP contribution in [-0.4, -0.2) is 4.98 Å². The molecule has 0 saturated heterocycles. The van der Waals surface area contributed by atoms with Crippen molar-refractivity contribution in [3.05, 3.63) is 44.6 Å². The number of benzene rings is 1. The minimum Gasteiger partial charge on any atom is -0.374 e. The van der Waals surface area contributed by atoms with Crippen molar-refractivity contribution in [2.24, 2.45) is 0 Å². The van der Waals surface area contributed by atoms with Gasteiger partial charge in [0.1, 0.15) is 5.82 Å². The second-order valence-corrected chi connectivity index (χ2v) is 5.51. The van der Waals surface area contributed by atoms with Crippen LogP contribution in [0.3, 0.4) is 0 Å². The number of hydrogen-bond acceptors (Lipinski definition) is 3. The first-order chi connectivity index (χ1) is 8.09. The van der Waals surface area contributed by atoms with Crippen molar-refractivity contribution in [3.63, 3.8) is 0 Å². The maximum absolute atomic E-state index is 13.6. The highest BCUT2D eigenvalue weighted by Crippen LogP contribution is 2.31. The smallest absolute Gasteiger partial charge is 0.147 e. The maximum Gasteiger partial charge on any atom is 0.147 e. The molecule has 0 aliphatic rings. The van der Waals surface area contributed by atoms with Gasteiger partial charge in [-0.25, -0.2) is 9.37 Å². The van der Waals surface area contributed by atoms with Gasteiger partial charge in [0.05, 0.1) is 22.9 Å². The van der Waals surface area contributed by atoms with E-state index in [9.17, 15) is 4.39 Å². The minimum absolute atomic E-state index is 0.0377. The number of nitrogens with one attached hydrogen (secondary N) is 1. The Labute approximate surface area is 112 Å². The normalized spacial score (nSPS) is 12.5. The zero-order chi connectivity index (χ0) is 12.4. The lowest BCUT2D eigenvalue weighted by Crippen LogP contribution is -2.08. The summed E-state index contributed by atoms with van der Waals surface area (Å²) in [5, 5.41) is 3.17. The van der Waals surface area contributed by atoms with Gasteiger partial charge in [-0.3, -0.25) is 0 Å². The third-order valence-electron chi connectivity index (χ3n) is 2.50. The largest absolute Gasteiger partial charge is 0.374 e. The first kappa shape index (κ1) is 12.5. The van der Waals surface area contributed by atoms with Crippen LogP contribution < -0.4 is 5.32 Å². The lowest BCUT2D eigenvalue weighted by atomic mass is 10.2. The van der Waals surface area contributed by atoms with Crippen molar-refractivity contribution in [2.75, 3.05) is 5.32 Å². The summed E-state index contributed by atoms with van der Waals surface area (Å²) in [5.74, 6) is -0.256. The van der Waals surface area contributed by atoms with Crippen LogP contribution in [-0.2, 0) is 0 Å². The molecule has 0 spiro atoms. The SMILES string of the molecule is Cc1ncsc1C(C)Nc1c(F)cccc1Br. The second-order valence-electron chi connectivity index (χ2n) is 3.76. The number of aryl methyl sites for hydroxylation is 1. The Morgan fingerprint density at radius 1 is 1.47 bits per heavy atom. The van der Waals surface area contributed by atoms with Crippen LogP contribution in [0, 0.1) is 12.7 Å². The molecule has 0 bridgehead atoms. The number of para-hydroxylation sites is 1. The molecule has 0 fully saturated rings. The number of aromatic nitrogens is 1. The first-order valence-electron chi connectivity index (χ1n) is 5.20. The van der Waals surface area contributed by atoms with E-state index in [4.69, 9.17) is 0 Å². The second kappa shape index (κ2) is 5.14. The molecule has 2 rings (SSSR count). The fourth-order valence-electron chi connectivity index (χ4n) is 1.64. The molecular formula is C12H12BrFN2S. The van der Waals surface area contributed by atoms with E-state index < -0.39 is 0 Å². The summed E-state index contributed by atoms with van der Waals surface area (Å²) in [6, 6.07) is 4.97. The number of nitrogens with zero attached hydrogens (tertiary/aromatic N) is 1. The van der Waals surface area contributed by atoms with E-state index in [0.29, 0.717) is 5.69 Å². The molecule has 0 radical (unpaired) electrons. The van der Waals surface area contributed by atoms with Gasteiger partial charge in [0.15, 0.2) is 0 Å². The fraction of sp³-hybridized carbons (Fsp3) is 0.250. The molecule has 17 heavy (non-hydrogen) atoms. The molecule has 0 saturated carbocycles. The first-order valence-corrected chi connectivity index (χ1v) is 6.87. The quantitative estimate of drug-likeness (QED) is 0.900. The van der Waals surface area contributed by atoms with Crippen LogP contribution in [0.25, 0.3) is 0 Å². The van der Waals surface area contributed by atoms with E-state index in [-0.39, 0.29) is 11.9 Å². The Morgan fingerprint density at radius 3 is 2.82 bits per heavy atom. The summed E-state index contributed by atoms with van der Waals surface area (Å²) < 4.78 is 14.4. The van der Waals surface area contributed by atoms with Gasteiger partial charge in [0, 0.05) is 9.35 Å². The summed E-state index contributed by atoms with van der Waals surface area (Å²) in [7, 11) is 0. The van der Waals surface area contributed by atoms with E-state index in [1.54, 1.807) is 22.9 Å². The van der Waals surface area contributed by atoms with Crippen LogP contribution >= 0.6 is 27.3 Å². The van der Waals surface area contributed by atoms with Crippen LogP contribution in [0.1, 0.15) is 23.5 Å². The number of anilines is 1. The average molecular weight is 315 g/mol. The molecule has 2 nitrogen and oxygen atoms in total. The Balaban J connectivity index is 2.25. The van der Waals surface area contributed by atoms with Gasteiger partial charge < -0.3 is 5.32 Å². The van der Waals surface area contributed by atoms with Gasteiger partial charge in [-0.1, -0.05) is 6.07 Å². The molecule has 2 aromatic rings. The molecule has 1 aromatic carbocycles. The van der Waals surface area contributed by atoms with Gasteiger partial charge in [-0.15, -0.1) is 11.3 Å². The van der Waals surface area contributed by atoms with Crippen molar-refractivity contribution in [1.82, 2.24) is 4.98 Å². The monoisotopic (exact) mass is 314 g/mol. The molecule has 1 aromatic heterocycles. The molecular weight excluding hydrogens is 303 g/mol. The summed E-state index contributed by atoms with van der Waals surface area (Å²) in [6.07, 6.45) is 0. The molecule has 0 amide bonds. The van der Waals surface area contributed by atoms with Crippen LogP contribution in [0.4, 0.5) is 10.1 Å². The minimum atomic E-state index is -0.256. The topological polar surface area (TPSA) is 24.9 Å². The zero-order valence-corrected chi connectivity index (χ0v) is 11.9. The highest BCUT2D eigenvalue weighted by Gasteiger charge is 2.14. The highest BCUT2D eigenvalue weighted by molar-refractivity contribution is 9.10.